The Bertz CT molecular complexity index is 823. The van der Waals surface area contributed by atoms with Gasteiger partial charge in [-0.1, -0.05) is 24.3 Å². The SMILES string of the molecule is Cc1nc(-c2cc(C(=O)NCc3ccccc3CO)co2)cs1. The summed E-state index contributed by atoms with van der Waals surface area (Å²) >= 11 is 1.53. The van der Waals surface area contributed by atoms with Crippen LogP contribution in [0.5, 0.6) is 0 Å². The van der Waals surface area contributed by atoms with Crippen LogP contribution in [-0.4, -0.2) is 16.0 Å². The van der Waals surface area contributed by atoms with E-state index in [1.165, 1.54) is 17.6 Å². The number of benzene rings is 1. The second kappa shape index (κ2) is 6.76. The number of amides is 1. The molecule has 0 fully saturated rings. The van der Waals surface area contributed by atoms with E-state index < -0.39 is 0 Å². The fourth-order valence-corrected chi connectivity index (χ4v) is 2.83. The zero-order chi connectivity index (χ0) is 16.2. The van der Waals surface area contributed by atoms with Crippen LogP contribution >= 0.6 is 11.3 Å². The number of aryl methyl sites for hydroxylation is 1. The van der Waals surface area contributed by atoms with Crippen molar-refractivity contribution >= 4 is 17.2 Å². The predicted molar refractivity (Wildman–Crippen MR) is 88.1 cm³/mol. The van der Waals surface area contributed by atoms with Crippen molar-refractivity contribution in [3.8, 4) is 11.5 Å². The number of aliphatic hydroxyl groups excluding tert-OH is 1. The van der Waals surface area contributed by atoms with Crippen LogP contribution in [0.2, 0.25) is 0 Å². The van der Waals surface area contributed by atoms with Gasteiger partial charge in [0.15, 0.2) is 5.76 Å². The Kier molecular flexibility index (Phi) is 4.55. The molecule has 5 nitrogen and oxygen atoms in total. The van der Waals surface area contributed by atoms with Crippen LogP contribution in [0.15, 0.2) is 46.4 Å². The first-order valence-electron chi connectivity index (χ1n) is 7.14. The van der Waals surface area contributed by atoms with Crippen LogP contribution < -0.4 is 5.32 Å². The van der Waals surface area contributed by atoms with Gasteiger partial charge >= 0.3 is 0 Å². The van der Waals surface area contributed by atoms with E-state index in [4.69, 9.17) is 4.42 Å². The number of aromatic nitrogens is 1. The van der Waals surface area contributed by atoms with Crippen molar-refractivity contribution in [2.45, 2.75) is 20.1 Å². The summed E-state index contributed by atoms with van der Waals surface area (Å²) in [4.78, 5) is 16.6. The molecule has 3 rings (SSSR count). The van der Waals surface area contributed by atoms with Gasteiger partial charge in [0, 0.05) is 11.9 Å². The average molecular weight is 328 g/mol. The fourth-order valence-electron chi connectivity index (χ4n) is 2.23. The molecule has 0 radical (unpaired) electrons. The monoisotopic (exact) mass is 328 g/mol. The van der Waals surface area contributed by atoms with Gasteiger partial charge in [-0.05, 0) is 24.1 Å². The van der Waals surface area contributed by atoms with Crippen LogP contribution in [0.3, 0.4) is 0 Å². The molecule has 3 aromatic rings. The Morgan fingerprint density at radius 1 is 1.35 bits per heavy atom. The summed E-state index contributed by atoms with van der Waals surface area (Å²) in [6.07, 6.45) is 1.43. The van der Waals surface area contributed by atoms with Crippen molar-refractivity contribution in [1.29, 1.82) is 0 Å². The molecule has 23 heavy (non-hydrogen) atoms. The molecule has 0 saturated carbocycles. The largest absolute Gasteiger partial charge is 0.462 e. The summed E-state index contributed by atoms with van der Waals surface area (Å²) in [5.74, 6) is 0.356. The summed E-state index contributed by atoms with van der Waals surface area (Å²) in [7, 11) is 0. The lowest BCUT2D eigenvalue weighted by atomic mass is 10.1. The number of nitrogens with one attached hydrogen (secondary N) is 1. The highest BCUT2D eigenvalue weighted by molar-refractivity contribution is 7.09. The molecule has 2 heterocycles. The third kappa shape index (κ3) is 3.49. The lowest BCUT2D eigenvalue weighted by molar-refractivity contribution is 0.0950. The topological polar surface area (TPSA) is 75.4 Å². The van der Waals surface area contributed by atoms with E-state index in [0.29, 0.717) is 17.9 Å². The molecular weight excluding hydrogens is 312 g/mol. The molecule has 0 unspecified atom stereocenters. The Morgan fingerprint density at radius 3 is 2.83 bits per heavy atom. The molecule has 2 N–H and O–H groups in total. The number of hydrogen-bond acceptors (Lipinski definition) is 5. The van der Waals surface area contributed by atoms with Crippen LogP contribution in [0, 0.1) is 6.92 Å². The molecule has 0 atom stereocenters. The minimum Gasteiger partial charge on any atom is -0.462 e. The van der Waals surface area contributed by atoms with Crippen molar-refractivity contribution in [2.75, 3.05) is 0 Å². The number of carbonyl (C=O) groups excluding carboxylic acids is 1. The second-order valence-electron chi connectivity index (χ2n) is 5.06. The van der Waals surface area contributed by atoms with Gasteiger partial charge in [0.2, 0.25) is 0 Å². The molecule has 1 amide bonds. The predicted octanol–water partition coefficient (Wildman–Crippen LogP) is 3.13. The molecule has 6 heteroatoms. The minimum absolute atomic E-state index is 0.0505. The van der Waals surface area contributed by atoms with Gasteiger partial charge < -0.3 is 14.8 Å². The van der Waals surface area contributed by atoms with Crippen LogP contribution in [0.4, 0.5) is 0 Å². The molecule has 0 aliphatic rings. The molecule has 1 aromatic carbocycles. The molecular formula is C17H16N2O3S. The van der Waals surface area contributed by atoms with E-state index in [0.717, 1.165) is 21.8 Å². The number of nitrogens with zero attached hydrogens (tertiary/aromatic N) is 1. The van der Waals surface area contributed by atoms with Gasteiger partial charge in [-0.15, -0.1) is 11.3 Å². The number of aliphatic hydroxyl groups is 1. The highest BCUT2D eigenvalue weighted by atomic mass is 32.1. The van der Waals surface area contributed by atoms with Gasteiger partial charge in [0.05, 0.1) is 17.2 Å². The maximum Gasteiger partial charge on any atom is 0.254 e. The standard InChI is InChI=1S/C17H16N2O3S/c1-11-19-15(10-23-11)16-6-14(9-22-16)17(21)18-7-12-4-2-3-5-13(12)8-20/h2-6,9-10,20H,7-8H2,1H3,(H,18,21). The van der Waals surface area contributed by atoms with E-state index in [9.17, 15) is 9.90 Å². The highest BCUT2D eigenvalue weighted by Crippen LogP contribution is 2.23. The van der Waals surface area contributed by atoms with Crippen molar-refractivity contribution in [3.05, 3.63) is 63.7 Å². The molecule has 0 aliphatic heterocycles. The van der Waals surface area contributed by atoms with Gasteiger partial charge in [-0.25, -0.2) is 4.98 Å². The average Bonchev–Trinajstić information content (AvgIpc) is 3.21. The second-order valence-corrected chi connectivity index (χ2v) is 6.12. The summed E-state index contributed by atoms with van der Waals surface area (Å²) in [6.45, 7) is 2.22. The molecule has 0 saturated heterocycles. The first-order chi connectivity index (χ1) is 11.2. The van der Waals surface area contributed by atoms with Crippen LogP contribution in [0.25, 0.3) is 11.5 Å². The smallest absolute Gasteiger partial charge is 0.254 e. The number of furan rings is 1. The van der Waals surface area contributed by atoms with Crippen molar-refractivity contribution in [2.24, 2.45) is 0 Å². The van der Waals surface area contributed by atoms with Crippen molar-refractivity contribution < 1.29 is 14.3 Å². The van der Waals surface area contributed by atoms with Gasteiger partial charge in [0.1, 0.15) is 12.0 Å². The summed E-state index contributed by atoms with van der Waals surface area (Å²) in [5.41, 5.74) is 2.88. The lowest BCUT2D eigenvalue weighted by Gasteiger charge is -2.07. The Morgan fingerprint density at radius 2 is 2.13 bits per heavy atom. The summed E-state index contributed by atoms with van der Waals surface area (Å²) in [5, 5.41) is 15.0. The molecule has 118 valence electrons. The summed E-state index contributed by atoms with van der Waals surface area (Å²) in [6, 6.07) is 9.13. The van der Waals surface area contributed by atoms with Gasteiger partial charge in [0.25, 0.3) is 5.91 Å². The van der Waals surface area contributed by atoms with Crippen LogP contribution in [-0.2, 0) is 13.2 Å². The highest BCUT2D eigenvalue weighted by Gasteiger charge is 2.13. The number of hydrogen-bond donors (Lipinski definition) is 2. The third-order valence-corrected chi connectivity index (χ3v) is 4.23. The molecule has 0 aliphatic carbocycles. The first-order valence-corrected chi connectivity index (χ1v) is 8.02. The van der Waals surface area contributed by atoms with E-state index in [-0.39, 0.29) is 12.5 Å². The maximum absolute atomic E-state index is 12.2. The minimum atomic E-state index is -0.223. The third-order valence-electron chi connectivity index (χ3n) is 3.46. The first kappa shape index (κ1) is 15.5. The zero-order valence-corrected chi connectivity index (χ0v) is 13.4. The molecule has 0 spiro atoms. The normalized spacial score (nSPS) is 10.7. The Labute approximate surface area is 137 Å². The van der Waals surface area contributed by atoms with E-state index in [1.54, 1.807) is 6.07 Å². The van der Waals surface area contributed by atoms with E-state index in [2.05, 4.69) is 10.3 Å². The maximum atomic E-state index is 12.2. The number of thiazole rings is 1. The van der Waals surface area contributed by atoms with Crippen LogP contribution in [0.1, 0.15) is 26.5 Å². The fraction of sp³-hybridized carbons (Fsp3) is 0.176. The van der Waals surface area contributed by atoms with Gasteiger partial charge in [-0.2, -0.15) is 0 Å². The number of rotatable bonds is 5. The van der Waals surface area contributed by atoms with Crippen molar-refractivity contribution in [3.63, 3.8) is 0 Å². The Balaban J connectivity index is 1.68. The molecule has 0 bridgehead atoms. The summed E-state index contributed by atoms with van der Waals surface area (Å²) < 4.78 is 5.43. The quantitative estimate of drug-likeness (QED) is 0.754. The zero-order valence-electron chi connectivity index (χ0n) is 12.6. The van der Waals surface area contributed by atoms with E-state index in [1.807, 2.05) is 36.6 Å². The Hall–Kier alpha value is -2.44. The van der Waals surface area contributed by atoms with Gasteiger partial charge in [-0.3, -0.25) is 4.79 Å². The van der Waals surface area contributed by atoms with E-state index >= 15 is 0 Å². The molecule has 2 aromatic heterocycles. The van der Waals surface area contributed by atoms with Crippen molar-refractivity contribution in [1.82, 2.24) is 10.3 Å². The number of carbonyl (C=O) groups is 1. The lowest BCUT2D eigenvalue weighted by Crippen LogP contribution is -2.22.